The van der Waals surface area contributed by atoms with Gasteiger partial charge in [-0.1, -0.05) is 26.0 Å². The van der Waals surface area contributed by atoms with Gasteiger partial charge in [-0.3, -0.25) is 0 Å². The lowest BCUT2D eigenvalue weighted by molar-refractivity contribution is 0.398. The van der Waals surface area contributed by atoms with Gasteiger partial charge in [0.1, 0.15) is 0 Å². The van der Waals surface area contributed by atoms with Crippen LogP contribution in [-0.2, 0) is 12.8 Å². The first-order chi connectivity index (χ1) is 9.79. The van der Waals surface area contributed by atoms with Crippen LogP contribution >= 0.6 is 0 Å². The minimum atomic E-state index is 0.674. The second-order valence-electron chi connectivity index (χ2n) is 4.82. The van der Waals surface area contributed by atoms with E-state index in [0.29, 0.717) is 5.88 Å². The molecule has 2 heteroatoms. The molecule has 0 aliphatic heterocycles. The molecule has 0 unspecified atom stereocenters. The van der Waals surface area contributed by atoms with Crippen LogP contribution in [0, 0.1) is 6.92 Å². The number of hydrogen-bond donors (Lipinski definition) is 0. The maximum Gasteiger partial charge on any atom is 0.213 e. The van der Waals surface area contributed by atoms with Gasteiger partial charge in [-0.25, -0.2) is 4.98 Å². The first-order valence-corrected chi connectivity index (χ1v) is 7.41. The van der Waals surface area contributed by atoms with Crippen LogP contribution in [-0.4, -0.2) is 12.1 Å². The Morgan fingerprint density at radius 2 is 1.90 bits per heavy atom. The molecule has 0 saturated heterocycles. The summed E-state index contributed by atoms with van der Waals surface area (Å²) < 4.78 is 5.20. The molecule has 106 valence electrons. The van der Waals surface area contributed by atoms with Crippen molar-refractivity contribution in [1.29, 1.82) is 0 Å². The molecule has 0 atom stereocenters. The zero-order valence-corrected chi connectivity index (χ0v) is 12.9. The lowest BCUT2D eigenvalue weighted by Gasteiger charge is -2.11. The molecular formula is C18H23NO. The van der Waals surface area contributed by atoms with Crippen molar-refractivity contribution in [2.75, 3.05) is 7.11 Å². The third-order valence-corrected chi connectivity index (χ3v) is 3.82. The molecule has 1 aromatic carbocycles. The predicted octanol–water partition coefficient (Wildman–Crippen LogP) is 4.58. The van der Waals surface area contributed by atoms with Gasteiger partial charge in [0, 0.05) is 12.3 Å². The van der Waals surface area contributed by atoms with Gasteiger partial charge in [-0.2, -0.15) is 0 Å². The molecule has 20 heavy (non-hydrogen) atoms. The van der Waals surface area contributed by atoms with Gasteiger partial charge in [0.25, 0.3) is 0 Å². The van der Waals surface area contributed by atoms with Crippen LogP contribution in [0.5, 0.6) is 5.88 Å². The van der Waals surface area contributed by atoms with Crippen molar-refractivity contribution >= 4 is 0 Å². The van der Waals surface area contributed by atoms with E-state index in [0.717, 1.165) is 0 Å². The Hall–Kier alpha value is -1.83. The van der Waals surface area contributed by atoms with Crippen molar-refractivity contribution in [1.82, 2.24) is 4.98 Å². The summed E-state index contributed by atoms with van der Waals surface area (Å²) >= 11 is 0. The van der Waals surface area contributed by atoms with Crippen molar-refractivity contribution in [3.05, 3.63) is 47.2 Å². The molecule has 0 saturated carbocycles. The molecule has 1 heterocycles. The molecule has 0 bridgehead atoms. The van der Waals surface area contributed by atoms with E-state index in [1.165, 1.54) is 41.5 Å². The van der Waals surface area contributed by atoms with E-state index in [-0.39, 0.29) is 0 Å². The summed E-state index contributed by atoms with van der Waals surface area (Å²) in [7, 11) is 1.65. The number of methoxy groups -OCH3 is 1. The Labute approximate surface area is 121 Å². The topological polar surface area (TPSA) is 22.1 Å². The average molecular weight is 269 g/mol. The Kier molecular flexibility index (Phi) is 4.78. The van der Waals surface area contributed by atoms with E-state index in [9.17, 15) is 0 Å². The molecule has 0 N–H and O–H groups in total. The van der Waals surface area contributed by atoms with Crippen molar-refractivity contribution in [3.63, 3.8) is 0 Å². The van der Waals surface area contributed by atoms with Crippen molar-refractivity contribution in [3.8, 4) is 17.0 Å². The third-order valence-electron chi connectivity index (χ3n) is 3.82. The highest BCUT2D eigenvalue weighted by molar-refractivity contribution is 5.70. The highest BCUT2D eigenvalue weighted by Crippen LogP contribution is 2.33. The van der Waals surface area contributed by atoms with Gasteiger partial charge in [-0.05, 0) is 60.1 Å². The van der Waals surface area contributed by atoms with Crippen molar-refractivity contribution < 1.29 is 4.74 Å². The SMILES string of the molecule is CC.COc1cc(-c2ccc3c(c2C)CCC3)ccn1. The smallest absolute Gasteiger partial charge is 0.213 e. The summed E-state index contributed by atoms with van der Waals surface area (Å²) in [6, 6.07) is 8.56. The normalized spacial score (nSPS) is 12.4. The number of nitrogens with zero attached hydrogens (tertiary/aromatic N) is 1. The Balaban J connectivity index is 0.000000704. The highest BCUT2D eigenvalue weighted by atomic mass is 16.5. The third kappa shape index (κ3) is 2.69. The summed E-state index contributed by atoms with van der Waals surface area (Å²) in [6.45, 7) is 6.23. The first kappa shape index (κ1) is 14.6. The van der Waals surface area contributed by atoms with Gasteiger partial charge < -0.3 is 4.74 Å². The number of ether oxygens (including phenoxy) is 1. The molecule has 0 radical (unpaired) electrons. The number of benzene rings is 1. The molecule has 1 aliphatic rings. The Morgan fingerprint density at radius 1 is 1.10 bits per heavy atom. The number of hydrogen-bond acceptors (Lipinski definition) is 2. The van der Waals surface area contributed by atoms with Gasteiger partial charge in [0.05, 0.1) is 7.11 Å². The molecular weight excluding hydrogens is 246 g/mol. The maximum atomic E-state index is 5.20. The molecule has 0 spiro atoms. The van der Waals surface area contributed by atoms with Crippen LogP contribution in [0.15, 0.2) is 30.5 Å². The van der Waals surface area contributed by atoms with Gasteiger partial charge >= 0.3 is 0 Å². The molecule has 2 nitrogen and oxygen atoms in total. The van der Waals surface area contributed by atoms with E-state index < -0.39 is 0 Å². The van der Waals surface area contributed by atoms with Crippen LogP contribution in [0.4, 0.5) is 0 Å². The van der Waals surface area contributed by atoms with Crippen LogP contribution in [0.3, 0.4) is 0 Å². The zero-order valence-electron chi connectivity index (χ0n) is 12.9. The number of rotatable bonds is 2. The fraction of sp³-hybridized carbons (Fsp3) is 0.389. The van der Waals surface area contributed by atoms with Crippen molar-refractivity contribution in [2.24, 2.45) is 0 Å². The molecule has 2 aromatic rings. The molecule has 1 aromatic heterocycles. The summed E-state index contributed by atoms with van der Waals surface area (Å²) in [5.41, 5.74) is 6.98. The zero-order chi connectivity index (χ0) is 14.5. The molecule has 0 amide bonds. The second-order valence-corrected chi connectivity index (χ2v) is 4.82. The van der Waals surface area contributed by atoms with Crippen LogP contribution in [0.25, 0.3) is 11.1 Å². The van der Waals surface area contributed by atoms with Crippen LogP contribution < -0.4 is 4.74 Å². The van der Waals surface area contributed by atoms with Crippen LogP contribution in [0.1, 0.15) is 37.0 Å². The summed E-state index contributed by atoms with van der Waals surface area (Å²) in [6.07, 6.45) is 5.55. The number of fused-ring (bicyclic) bond motifs is 1. The molecule has 3 rings (SSSR count). The second kappa shape index (κ2) is 6.56. The number of aryl methyl sites for hydroxylation is 1. The highest BCUT2D eigenvalue weighted by Gasteiger charge is 2.16. The lowest BCUT2D eigenvalue weighted by Crippen LogP contribution is -1.93. The van der Waals surface area contributed by atoms with Gasteiger partial charge in [0.15, 0.2) is 0 Å². The minimum absolute atomic E-state index is 0.674. The average Bonchev–Trinajstić information content (AvgIpc) is 2.99. The fourth-order valence-corrected chi connectivity index (χ4v) is 2.85. The van der Waals surface area contributed by atoms with E-state index in [4.69, 9.17) is 4.74 Å². The lowest BCUT2D eigenvalue weighted by atomic mass is 9.94. The van der Waals surface area contributed by atoms with Gasteiger partial charge in [0.2, 0.25) is 5.88 Å². The predicted molar refractivity (Wildman–Crippen MR) is 84.3 cm³/mol. The largest absolute Gasteiger partial charge is 0.481 e. The van der Waals surface area contributed by atoms with E-state index in [1.54, 1.807) is 18.9 Å². The molecule has 0 fully saturated rings. The summed E-state index contributed by atoms with van der Waals surface area (Å²) in [4.78, 5) is 4.16. The Bertz CT molecular complexity index is 590. The quantitative estimate of drug-likeness (QED) is 0.796. The summed E-state index contributed by atoms with van der Waals surface area (Å²) in [5.74, 6) is 0.674. The van der Waals surface area contributed by atoms with Gasteiger partial charge in [-0.15, -0.1) is 0 Å². The Morgan fingerprint density at radius 3 is 2.65 bits per heavy atom. The maximum absolute atomic E-state index is 5.20. The van der Waals surface area contributed by atoms with E-state index in [2.05, 4.69) is 24.0 Å². The molecule has 1 aliphatic carbocycles. The fourth-order valence-electron chi connectivity index (χ4n) is 2.85. The van der Waals surface area contributed by atoms with Crippen LogP contribution in [0.2, 0.25) is 0 Å². The first-order valence-electron chi connectivity index (χ1n) is 7.41. The monoisotopic (exact) mass is 269 g/mol. The van der Waals surface area contributed by atoms with Crippen molar-refractivity contribution in [2.45, 2.75) is 40.0 Å². The van der Waals surface area contributed by atoms with E-state index >= 15 is 0 Å². The summed E-state index contributed by atoms with van der Waals surface area (Å²) in [5, 5.41) is 0. The standard InChI is InChI=1S/C16H17NO.C2H6/c1-11-14-5-3-4-12(14)6-7-15(11)13-8-9-17-16(10-13)18-2;1-2/h6-10H,3-5H2,1-2H3;1-2H3. The minimum Gasteiger partial charge on any atom is -0.481 e. The van der Waals surface area contributed by atoms with E-state index in [1.807, 2.05) is 26.0 Å². The number of pyridine rings is 1. The number of aromatic nitrogens is 1.